The normalized spacial score (nSPS) is 14.3. The lowest BCUT2D eigenvalue weighted by Gasteiger charge is -2.06. The molecule has 1 aliphatic heterocycles. The minimum absolute atomic E-state index is 0.700. The van der Waals surface area contributed by atoms with E-state index in [0.29, 0.717) is 5.84 Å². The standard InChI is InChI=1S/C10H12N2/c1-6-3-4-8-5-12-10(11)9(8)7(6)2/h3-4H,5H2,1-2H3,(H2,11,12). The van der Waals surface area contributed by atoms with Gasteiger partial charge in [0.05, 0.1) is 6.54 Å². The van der Waals surface area contributed by atoms with Crippen molar-refractivity contribution >= 4 is 5.84 Å². The number of fused-ring (bicyclic) bond motifs is 1. The van der Waals surface area contributed by atoms with Crippen LogP contribution in [-0.2, 0) is 6.54 Å². The molecule has 12 heavy (non-hydrogen) atoms. The van der Waals surface area contributed by atoms with Crippen molar-refractivity contribution in [2.24, 2.45) is 10.7 Å². The molecule has 1 aromatic carbocycles. The predicted molar refractivity (Wildman–Crippen MR) is 50.3 cm³/mol. The molecule has 0 saturated carbocycles. The van der Waals surface area contributed by atoms with Gasteiger partial charge in [-0.15, -0.1) is 0 Å². The van der Waals surface area contributed by atoms with Crippen LogP contribution in [0.4, 0.5) is 0 Å². The van der Waals surface area contributed by atoms with E-state index in [1.165, 1.54) is 16.7 Å². The van der Waals surface area contributed by atoms with Gasteiger partial charge in [-0.1, -0.05) is 12.1 Å². The fourth-order valence-corrected chi connectivity index (χ4v) is 1.61. The number of benzene rings is 1. The summed E-state index contributed by atoms with van der Waals surface area (Å²) < 4.78 is 0. The fourth-order valence-electron chi connectivity index (χ4n) is 1.61. The van der Waals surface area contributed by atoms with Gasteiger partial charge in [0.2, 0.25) is 0 Å². The molecule has 0 aromatic heterocycles. The van der Waals surface area contributed by atoms with E-state index in [-0.39, 0.29) is 0 Å². The van der Waals surface area contributed by atoms with E-state index >= 15 is 0 Å². The first-order valence-corrected chi connectivity index (χ1v) is 4.09. The quantitative estimate of drug-likeness (QED) is 0.614. The first kappa shape index (κ1) is 7.35. The Kier molecular flexibility index (Phi) is 1.43. The molecule has 2 N–H and O–H groups in total. The molecule has 2 rings (SSSR count). The molecule has 1 aromatic rings. The summed E-state index contributed by atoms with van der Waals surface area (Å²) in [5.74, 6) is 0.700. The van der Waals surface area contributed by atoms with Crippen LogP contribution in [0.3, 0.4) is 0 Å². The minimum atomic E-state index is 0.700. The Bertz CT molecular complexity index is 364. The summed E-state index contributed by atoms with van der Waals surface area (Å²) in [4.78, 5) is 4.20. The fraction of sp³-hybridized carbons (Fsp3) is 0.300. The zero-order chi connectivity index (χ0) is 8.72. The number of amidine groups is 1. The molecule has 2 heteroatoms. The smallest absolute Gasteiger partial charge is 0.126 e. The van der Waals surface area contributed by atoms with Crippen molar-refractivity contribution in [1.82, 2.24) is 0 Å². The van der Waals surface area contributed by atoms with Gasteiger partial charge in [-0.3, -0.25) is 4.99 Å². The molecule has 1 heterocycles. The van der Waals surface area contributed by atoms with Gasteiger partial charge in [-0.25, -0.2) is 0 Å². The molecule has 0 amide bonds. The van der Waals surface area contributed by atoms with Gasteiger partial charge in [-0.05, 0) is 30.5 Å². The van der Waals surface area contributed by atoms with Crippen LogP contribution in [0.5, 0.6) is 0 Å². The van der Waals surface area contributed by atoms with Crippen molar-refractivity contribution in [2.45, 2.75) is 20.4 Å². The summed E-state index contributed by atoms with van der Waals surface area (Å²) >= 11 is 0. The van der Waals surface area contributed by atoms with Crippen LogP contribution in [0.25, 0.3) is 0 Å². The maximum Gasteiger partial charge on any atom is 0.126 e. The van der Waals surface area contributed by atoms with E-state index in [2.05, 4.69) is 31.0 Å². The summed E-state index contributed by atoms with van der Waals surface area (Å²) in [6.07, 6.45) is 0. The Morgan fingerprint density at radius 1 is 1.33 bits per heavy atom. The van der Waals surface area contributed by atoms with Crippen molar-refractivity contribution < 1.29 is 0 Å². The van der Waals surface area contributed by atoms with Crippen LogP contribution in [0, 0.1) is 13.8 Å². The van der Waals surface area contributed by atoms with Crippen LogP contribution in [-0.4, -0.2) is 5.84 Å². The van der Waals surface area contributed by atoms with Gasteiger partial charge in [0.25, 0.3) is 0 Å². The molecule has 0 atom stereocenters. The highest BCUT2D eigenvalue weighted by Crippen LogP contribution is 2.22. The second-order valence-electron chi connectivity index (χ2n) is 3.24. The third kappa shape index (κ3) is 0.843. The third-order valence-corrected chi connectivity index (χ3v) is 2.50. The second-order valence-corrected chi connectivity index (χ2v) is 3.24. The van der Waals surface area contributed by atoms with Gasteiger partial charge in [-0.2, -0.15) is 0 Å². The second kappa shape index (κ2) is 2.34. The van der Waals surface area contributed by atoms with Crippen molar-refractivity contribution in [1.29, 1.82) is 0 Å². The lowest BCUT2D eigenvalue weighted by atomic mass is 9.99. The molecule has 1 aliphatic rings. The van der Waals surface area contributed by atoms with Crippen molar-refractivity contribution in [3.05, 3.63) is 34.4 Å². The van der Waals surface area contributed by atoms with E-state index in [1.807, 2.05) is 0 Å². The van der Waals surface area contributed by atoms with Gasteiger partial charge in [0.1, 0.15) is 5.84 Å². The first-order valence-electron chi connectivity index (χ1n) is 4.09. The topological polar surface area (TPSA) is 38.4 Å². The van der Waals surface area contributed by atoms with E-state index in [9.17, 15) is 0 Å². The molecule has 62 valence electrons. The Morgan fingerprint density at radius 2 is 2.08 bits per heavy atom. The monoisotopic (exact) mass is 160 g/mol. The number of aryl methyl sites for hydroxylation is 1. The summed E-state index contributed by atoms with van der Waals surface area (Å²) in [6, 6.07) is 4.24. The highest BCUT2D eigenvalue weighted by molar-refractivity contribution is 6.02. The van der Waals surface area contributed by atoms with Crippen LogP contribution in [0.1, 0.15) is 22.3 Å². The lowest BCUT2D eigenvalue weighted by Crippen LogP contribution is -2.12. The molecule has 0 unspecified atom stereocenters. The number of rotatable bonds is 0. The highest BCUT2D eigenvalue weighted by atomic mass is 14.9. The molecule has 0 fully saturated rings. The Labute approximate surface area is 72.1 Å². The summed E-state index contributed by atoms with van der Waals surface area (Å²) in [5.41, 5.74) is 10.7. The van der Waals surface area contributed by atoms with E-state index in [0.717, 1.165) is 12.1 Å². The Balaban J connectivity index is 2.70. The summed E-state index contributed by atoms with van der Waals surface area (Å²) in [5, 5.41) is 0. The van der Waals surface area contributed by atoms with E-state index in [1.54, 1.807) is 0 Å². The first-order chi connectivity index (χ1) is 5.70. The summed E-state index contributed by atoms with van der Waals surface area (Å²) in [6.45, 7) is 4.95. The number of hydrogen-bond acceptors (Lipinski definition) is 2. The number of nitrogens with two attached hydrogens (primary N) is 1. The number of hydrogen-bond donors (Lipinski definition) is 1. The van der Waals surface area contributed by atoms with Crippen LogP contribution in [0.15, 0.2) is 17.1 Å². The molecule has 0 spiro atoms. The SMILES string of the molecule is Cc1ccc2c(c1C)C(N)=NC2. The van der Waals surface area contributed by atoms with Gasteiger partial charge in [0.15, 0.2) is 0 Å². The Hall–Kier alpha value is -1.31. The van der Waals surface area contributed by atoms with Gasteiger partial charge in [0, 0.05) is 5.56 Å². The molecule has 0 aliphatic carbocycles. The number of nitrogens with zero attached hydrogens (tertiary/aromatic N) is 1. The average molecular weight is 160 g/mol. The largest absolute Gasteiger partial charge is 0.383 e. The maximum absolute atomic E-state index is 5.77. The van der Waals surface area contributed by atoms with Crippen molar-refractivity contribution in [2.75, 3.05) is 0 Å². The van der Waals surface area contributed by atoms with Gasteiger partial charge >= 0.3 is 0 Å². The lowest BCUT2D eigenvalue weighted by molar-refractivity contribution is 1.10. The highest BCUT2D eigenvalue weighted by Gasteiger charge is 2.15. The molecule has 0 radical (unpaired) electrons. The molecule has 0 bridgehead atoms. The molecular formula is C10H12N2. The average Bonchev–Trinajstić information content (AvgIpc) is 2.41. The van der Waals surface area contributed by atoms with Crippen molar-refractivity contribution in [3.8, 4) is 0 Å². The van der Waals surface area contributed by atoms with Crippen LogP contribution >= 0.6 is 0 Å². The van der Waals surface area contributed by atoms with Gasteiger partial charge < -0.3 is 5.73 Å². The minimum Gasteiger partial charge on any atom is -0.383 e. The predicted octanol–water partition coefficient (Wildman–Crippen LogP) is 1.52. The third-order valence-electron chi connectivity index (χ3n) is 2.50. The zero-order valence-corrected chi connectivity index (χ0v) is 7.39. The van der Waals surface area contributed by atoms with Crippen LogP contribution in [0.2, 0.25) is 0 Å². The number of aliphatic imine (C=N–C) groups is 1. The molecule has 0 saturated heterocycles. The zero-order valence-electron chi connectivity index (χ0n) is 7.39. The van der Waals surface area contributed by atoms with E-state index < -0.39 is 0 Å². The Morgan fingerprint density at radius 3 is 2.83 bits per heavy atom. The summed E-state index contributed by atoms with van der Waals surface area (Å²) in [7, 11) is 0. The van der Waals surface area contributed by atoms with Crippen LogP contribution < -0.4 is 5.73 Å². The molecular weight excluding hydrogens is 148 g/mol. The molecule has 2 nitrogen and oxygen atoms in total. The van der Waals surface area contributed by atoms with E-state index in [4.69, 9.17) is 5.73 Å². The van der Waals surface area contributed by atoms with Crippen molar-refractivity contribution in [3.63, 3.8) is 0 Å². The maximum atomic E-state index is 5.77.